The highest BCUT2D eigenvalue weighted by Crippen LogP contribution is 2.38. The third-order valence-electron chi connectivity index (χ3n) is 3.94. The Balaban J connectivity index is 2.04. The van der Waals surface area contributed by atoms with Crippen LogP contribution in [0.15, 0.2) is 12.1 Å². The lowest BCUT2D eigenvalue weighted by atomic mass is 10.0. The molecule has 0 fully saturated rings. The predicted molar refractivity (Wildman–Crippen MR) is 100 cm³/mol. The van der Waals surface area contributed by atoms with E-state index in [1.165, 1.54) is 0 Å². The molecule has 1 aromatic carbocycles. The Morgan fingerprint density at radius 2 is 1.92 bits per heavy atom. The van der Waals surface area contributed by atoms with Crippen molar-refractivity contribution in [1.82, 2.24) is 5.32 Å². The molecule has 0 aromatic heterocycles. The summed E-state index contributed by atoms with van der Waals surface area (Å²) in [6.07, 6.45) is 0.355. The molecule has 26 heavy (non-hydrogen) atoms. The first-order chi connectivity index (χ1) is 12.3. The molecule has 1 atom stereocenters. The lowest BCUT2D eigenvalue weighted by Gasteiger charge is -2.25. The largest absolute Gasteiger partial charge is 0.490 e. The van der Waals surface area contributed by atoms with Crippen LogP contribution in [0.2, 0.25) is 0 Å². The zero-order valence-corrected chi connectivity index (χ0v) is 16.1. The molecule has 1 aliphatic rings. The maximum Gasteiger partial charge on any atom is 0.224 e. The average Bonchev–Trinajstić information content (AvgIpc) is 2.58. The predicted octanol–water partition coefficient (Wildman–Crippen LogP) is 1.72. The van der Waals surface area contributed by atoms with E-state index in [2.05, 4.69) is 10.6 Å². The lowest BCUT2D eigenvalue weighted by Crippen LogP contribution is -2.42. The van der Waals surface area contributed by atoms with Crippen molar-refractivity contribution in [3.05, 3.63) is 17.7 Å². The number of fused-ring (bicyclic) bond motifs is 1. The van der Waals surface area contributed by atoms with Crippen molar-refractivity contribution in [3.63, 3.8) is 0 Å². The SMILES string of the molecule is COCCOc1ccc(OCC(O)CNC(C)(C)C)c2c1NC(=O)CC2. The van der Waals surface area contributed by atoms with Crippen LogP contribution in [0.1, 0.15) is 32.8 Å². The second kappa shape index (κ2) is 9.21. The van der Waals surface area contributed by atoms with E-state index in [-0.39, 0.29) is 18.1 Å². The minimum atomic E-state index is -0.624. The van der Waals surface area contributed by atoms with Crippen LogP contribution >= 0.6 is 0 Å². The van der Waals surface area contributed by atoms with E-state index >= 15 is 0 Å². The smallest absolute Gasteiger partial charge is 0.224 e. The Morgan fingerprint density at radius 3 is 2.62 bits per heavy atom. The molecule has 0 aliphatic carbocycles. The highest BCUT2D eigenvalue weighted by Gasteiger charge is 2.23. The van der Waals surface area contributed by atoms with E-state index in [1.807, 2.05) is 26.8 Å². The summed E-state index contributed by atoms with van der Waals surface area (Å²) in [5.74, 6) is 1.22. The number of nitrogens with one attached hydrogen (secondary N) is 2. The highest BCUT2D eigenvalue weighted by molar-refractivity contribution is 5.96. The second-order valence-electron chi connectivity index (χ2n) is 7.40. The van der Waals surface area contributed by atoms with E-state index in [0.29, 0.717) is 49.8 Å². The molecule has 1 amide bonds. The number of ether oxygens (including phenoxy) is 3. The zero-order valence-electron chi connectivity index (χ0n) is 16.1. The number of benzene rings is 1. The lowest BCUT2D eigenvalue weighted by molar-refractivity contribution is -0.116. The topological polar surface area (TPSA) is 89.1 Å². The summed E-state index contributed by atoms with van der Waals surface area (Å²) >= 11 is 0. The quantitative estimate of drug-likeness (QED) is 0.577. The van der Waals surface area contributed by atoms with Crippen molar-refractivity contribution >= 4 is 11.6 Å². The Morgan fingerprint density at radius 1 is 1.19 bits per heavy atom. The number of aliphatic hydroxyl groups excluding tert-OH is 1. The Kier molecular flexibility index (Phi) is 7.25. The molecule has 0 saturated heterocycles. The first-order valence-electron chi connectivity index (χ1n) is 8.93. The molecule has 1 aliphatic heterocycles. The van der Waals surface area contributed by atoms with Crippen LogP contribution in [0.5, 0.6) is 11.5 Å². The monoisotopic (exact) mass is 366 g/mol. The van der Waals surface area contributed by atoms with Gasteiger partial charge in [0.1, 0.15) is 30.8 Å². The van der Waals surface area contributed by atoms with Crippen LogP contribution in [0.3, 0.4) is 0 Å². The maximum absolute atomic E-state index is 11.8. The van der Waals surface area contributed by atoms with Gasteiger partial charge in [0.2, 0.25) is 5.91 Å². The van der Waals surface area contributed by atoms with Crippen LogP contribution in [-0.4, -0.2) is 56.1 Å². The van der Waals surface area contributed by atoms with Crippen LogP contribution in [0, 0.1) is 0 Å². The van der Waals surface area contributed by atoms with Crippen molar-refractivity contribution in [1.29, 1.82) is 0 Å². The first-order valence-corrected chi connectivity index (χ1v) is 8.93. The summed E-state index contributed by atoms with van der Waals surface area (Å²) in [7, 11) is 1.61. The van der Waals surface area contributed by atoms with Crippen LogP contribution < -0.4 is 20.1 Å². The van der Waals surface area contributed by atoms with Crippen molar-refractivity contribution in [3.8, 4) is 11.5 Å². The molecule has 1 unspecified atom stereocenters. The van der Waals surface area contributed by atoms with Gasteiger partial charge in [-0.05, 0) is 39.3 Å². The van der Waals surface area contributed by atoms with Crippen molar-refractivity contribution in [2.75, 3.05) is 38.8 Å². The molecule has 0 bridgehead atoms. The van der Waals surface area contributed by atoms with Gasteiger partial charge in [-0.25, -0.2) is 0 Å². The van der Waals surface area contributed by atoms with Gasteiger partial charge in [0.15, 0.2) is 0 Å². The highest BCUT2D eigenvalue weighted by atomic mass is 16.5. The summed E-state index contributed by atoms with van der Waals surface area (Å²) in [5, 5.41) is 16.2. The molecule has 1 heterocycles. The third-order valence-corrected chi connectivity index (χ3v) is 3.94. The van der Waals surface area contributed by atoms with Gasteiger partial charge in [-0.2, -0.15) is 0 Å². The number of anilines is 1. The fourth-order valence-corrected chi connectivity index (χ4v) is 2.59. The number of aliphatic hydroxyl groups is 1. The summed E-state index contributed by atoms with van der Waals surface area (Å²) in [5.41, 5.74) is 1.48. The number of amides is 1. The van der Waals surface area contributed by atoms with Gasteiger partial charge >= 0.3 is 0 Å². The molecule has 0 radical (unpaired) electrons. The number of carbonyl (C=O) groups excluding carboxylic acids is 1. The number of β-amino-alcohol motifs (C(OH)–C–C–N with tert-alkyl or cyclic N) is 1. The van der Waals surface area contributed by atoms with Gasteiger partial charge in [-0.3, -0.25) is 4.79 Å². The minimum absolute atomic E-state index is 0.0411. The number of hydrogen-bond donors (Lipinski definition) is 3. The van der Waals surface area contributed by atoms with Crippen molar-refractivity contribution in [2.24, 2.45) is 0 Å². The van der Waals surface area contributed by atoms with E-state index in [9.17, 15) is 9.90 Å². The summed E-state index contributed by atoms with van der Waals surface area (Å²) in [4.78, 5) is 11.8. The number of carbonyl (C=O) groups is 1. The average molecular weight is 366 g/mol. The number of hydrogen-bond acceptors (Lipinski definition) is 6. The molecule has 1 aromatic rings. The number of methoxy groups -OCH3 is 1. The van der Waals surface area contributed by atoms with Crippen LogP contribution in [0.25, 0.3) is 0 Å². The maximum atomic E-state index is 11.8. The molecule has 7 heteroatoms. The Hall–Kier alpha value is -1.83. The zero-order chi connectivity index (χ0) is 19.2. The summed E-state index contributed by atoms with van der Waals surface area (Å²) in [6, 6.07) is 3.59. The molecular weight excluding hydrogens is 336 g/mol. The molecule has 0 spiro atoms. The van der Waals surface area contributed by atoms with Gasteiger partial charge in [0.05, 0.1) is 12.3 Å². The van der Waals surface area contributed by atoms with Crippen LogP contribution in [-0.2, 0) is 16.0 Å². The number of rotatable bonds is 9. The fourth-order valence-electron chi connectivity index (χ4n) is 2.59. The third kappa shape index (κ3) is 6.16. The van der Waals surface area contributed by atoms with Gasteiger partial charge in [-0.1, -0.05) is 0 Å². The van der Waals surface area contributed by atoms with Crippen molar-refractivity contribution < 1.29 is 24.1 Å². The van der Waals surface area contributed by atoms with Crippen LogP contribution in [0.4, 0.5) is 5.69 Å². The van der Waals surface area contributed by atoms with Crippen molar-refractivity contribution in [2.45, 2.75) is 45.3 Å². The fraction of sp³-hybridized carbons (Fsp3) is 0.632. The molecule has 0 saturated carbocycles. The molecule has 2 rings (SSSR count). The van der Waals surface area contributed by atoms with E-state index in [4.69, 9.17) is 14.2 Å². The van der Waals surface area contributed by atoms with Gasteiger partial charge < -0.3 is 30.0 Å². The second-order valence-corrected chi connectivity index (χ2v) is 7.40. The van der Waals surface area contributed by atoms with E-state index in [0.717, 1.165) is 5.56 Å². The molecular formula is C19H30N2O5. The Bertz CT molecular complexity index is 613. The molecule has 7 nitrogen and oxygen atoms in total. The molecule has 3 N–H and O–H groups in total. The Labute approximate surface area is 155 Å². The normalized spacial score (nSPS) is 15.2. The summed E-state index contributed by atoms with van der Waals surface area (Å²) < 4.78 is 16.5. The first kappa shape index (κ1) is 20.5. The van der Waals surface area contributed by atoms with Gasteiger partial charge in [0, 0.05) is 31.2 Å². The van der Waals surface area contributed by atoms with Gasteiger partial charge in [-0.15, -0.1) is 0 Å². The standard InChI is InChI=1S/C19H30N2O5/c1-19(2,3)20-11-13(22)12-26-15-6-7-16(25-10-9-24-4)18-14(15)5-8-17(23)21-18/h6-7,13,20,22H,5,8-12H2,1-4H3,(H,21,23). The van der Waals surface area contributed by atoms with Gasteiger partial charge in [0.25, 0.3) is 0 Å². The van der Waals surface area contributed by atoms with E-state index in [1.54, 1.807) is 13.2 Å². The molecule has 146 valence electrons. The summed E-state index contributed by atoms with van der Waals surface area (Å²) in [6.45, 7) is 7.62. The minimum Gasteiger partial charge on any atom is -0.490 e. The van der Waals surface area contributed by atoms with E-state index < -0.39 is 6.10 Å².